The van der Waals surface area contributed by atoms with E-state index in [1.807, 2.05) is 36.4 Å². The number of aromatic carboxylic acids is 1. The molecule has 5 rings (SSSR count). The number of hydrogen-bond donors (Lipinski definition) is 3. The molecule has 1 atom stereocenters. The lowest BCUT2D eigenvalue weighted by atomic mass is 9.94. The number of nitrogens with zero attached hydrogens (tertiary/aromatic N) is 2. The average molecular weight is 574 g/mol. The first-order valence-corrected chi connectivity index (χ1v) is 14.1. The quantitative estimate of drug-likeness (QED) is 0.237. The number of nitrogens with one attached hydrogen (secondary N) is 1. The number of thiophene rings is 1. The number of carbonyl (C=O) groups is 3. The van der Waals surface area contributed by atoms with E-state index in [4.69, 9.17) is 9.84 Å². The number of methoxy groups -OCH3 is 1. The van der Waals surface area contributed by atoms with Crippen LogP contribution in [-0.2, 0) is 29.1 Å². The Morgan fingerprint density at radius 3 is 2.44 bits per heavy atom. The van der Waals surface area contributed by atoms with E-state index in [1.165, 1.54) is 0 Å². The number of carboxylic acid groups (broad SMARTS) is 2. The number of rotatable bonds is 9. The number of carboxylic acids is 2. The Labute approximate surface area is 241 Å². The summed E-state index contributed by atoms with van der Waals surface area (Å²) in [6, 6.07) is 22.4. The molecule has 1 aliphatic heterocycles. The third-order valence-electron chi connectivity index (χ3n) is 7.48. The maximum Gasteiger partial charge on any atom is 0.394 e. The van der Waals surface area contributed by atoms with Crippen LogP contribution in [0.2, 0.25) is 0 Å². The van der Waals surface area contributed by atoms with Crippen LogP contribution in [0.4, 0.5) is 10.7 Å². The number of aliphatic carboxylic acids is 1. The normalized spacial score (nSPS) is 14.8. The molecule has 3 N–H and O–H groups in total. The standard InChI is InChI=1S/C31H31N3O6S/c1-3-33(22-11-10-20-6-4-5-7-21(20)14-22)17-23-15-25-26(18-34(23)16-19-8-12-24(40-2)13-9-19)41-29(27(25)30(36)37)32-28(35)31(38)39/h4-14,23H,3,15-18H2,1-2H3,(H,32,35)(H,36,37)(H,38,39). The fourth-order valence-corrected chi connectivity index (χ4v) is 6.62. The van der Waals surface area contributed by atoms with E-state index < -0.39 is 17.8 Å². The number of carbonyl (C=O) groups excluding carboxylic acids is 1. The van der Waals surface area contributed by atoms with Gasteiger partial charge in [-0.3, -0.25) is 9.69 Å². The van der Waals surface area contributed by atoms with Crippen molar-refractivity contribution in [3.05, 3.63) is 88.3 Å². The maximum atomic E-state index is 12.3. The van der Waals surface area contributed by atoms with Gasteiger partial charge in [0.15, 0.2) is 0 Å². The molecule has 4 aromatic rings. The molecule has 10 heteroatoms. The summed E-state index contributed by atoms with van der Waals surface area (Å²) in [5.41, 5.74) is 2.79. The van der Waals surface area contributed by atoms with Crippen molar-refractivity contribution in [2.75, 3.05) is 30.4 Å². The molecule has 212 valence electrons. The minimum atomic E-state index is -1.67. The third-order valence-corrected chi connectivity index (χ3v) is 8.62. The van der Waals surface area contributed by atoms with Crippen molar-refractivity contribution in [1.82, 2.24) is 4.90 Å². The van der Waals surface area contributed by atoms with Gasteiger partial charge in [-0.2, -0.15) is 0 Å². The highest BCUT2D eigenvalue weighted by molar-refractivity contribution is 7.17. The Hall–Kier alpha value is -4.41. The molecule has 0 fully saturated rings. The zero-order chi connectivity index (χ0) is 29.1. The van der Waals surface area contributed by atoms with E-state index in [2.05, 4.69) is 52.4 Å². The third kappa shape index (κ3) is 6.03. The number of ether oxygens (including phenoxy) is 1. The van der Waals surface area contributed by atoms with Gasteiger partial charge in [-0.1, -0.05) is 42.5 Å². The zero-order valence-corrected chi connectivity index (χ0v) is 23.6. The Morgan fingerprint density at radius 2 is 1.78 bits per heavy atom. The van der Waals surface area contributed by atoms with Gasteiger partial charge in [-0.05, 0) is 59.5 Å². The van der Waals surface area contributed by atoms with Crippen LogP contribution >= 0.6 is 11.3 Å². The smallest absolute Gasteiger partial charge is 0.394 e. The lowest BCUT2D eigenvalue weighted by Gasteiger charge is -2.39. The van der Waals surface area contributed by atoms with Crippen molar-refractivity contribution in [2.45, 2.75) is 32.5 Å². The van der Waals surface area contributed by atoms with Gasteiger partial charge in [-0.15, -0.1) is 11.3 Å². The van der Waals surface area contributed by atoms with E-state index in [-0.39, 0.29) is 16.6 Å². The van der Waals surface area contributed by atoms with Crippen LogP contribution in [0.5, 0.6) is 5.75 Å². The summed E-state index contributed by atoms with van der Waals surface area (Å²) < 4.78 is 5.31. The minimum absolute atomic E-state index is 0.0255. The first kappa shape index (κ1) is 28.1. The first-order valence-electron chi connectivity index (χ1n) is 13.3. The van der Waals surface area contributed by atoms with Crippen molar-refractivity contribution in [3.63, 3.8) is 0 Å². The molecule has 0 bridgehead atoms. The van der Waals surface area contributed by atoms with Crippen LogP contribution in [0, 0.1) is 0 Å². The molecule has 1 amide bonds. The molecule has 0 saturated carbocycles. The van der Waals surface area contributed by atoms with Crippen molar-refractivity contribution < 1.29 is 29.3 Å². The fraction of sp³-hybridized carbons (Fsp3) is 0.258. The Morgan fingerprint density at radius 1 is 1.05 bits per heavy atom. The van der Waals surface area contributed by atoms with E-state index in [0.717, 1.165) is 50.5 Å². The molecule has 1 aromatic heterocycles. The van der Waals surface area contributed by atoms with Crippen LogP contribution < -0.4 is 15.0 Å². The molecule has 0 saturated heterocycles. The molecule has 1 unspecified atom stereocenters. The van der Waals surface area contributed by atoms with Crippen molar-refractivity contribution in [2.24, 2.45) is 0 Å². The number of benzene rings is 3. The molecule has 0 aliphatic carbocycles. The fourth-order valence-electron chi connectivity index (χ4n) is 5.38. The number of likely N-dealkylation sites (N-methyl/N-ethyl adjacent to an activating group) is 1. The lowest BCUT2D eigenvalue weighted by molar-refractivity contribution is -0.147. The second kappa shape index (κ2) is 12.0. The molecular weight excluding hydrogens is 542 g/mol. The highest BCUT2D eigenvalue weighted by atomic mass is 32.1. The summed E-state index contributed by atoms with van der Waals surface area (Å²) in [6.07, 6.45) is 0.441. The molecule has 0 spiro atoms. The molecule has 2 heterocycles. The van der Waals surface area contributed by atoms with Crippen molar-refractivity contribution in [3.8, 4) is 5.75 Å². The summed E-state index contributed by atoms with van der Waals surface area (Å²) in [6.45, 7) is 4.60. The van der Waals surface area contributed by atoms with Gasteiger partial charge >= 0.3 is 17.8 Å². The monoisotopic (exact) mass is 573 g/mol. The van der Waals surface area contributed by atoms with Crippen molar-refractivity contribution in [1.29, 1.82) is 0 Å². The first-order chi connectivity index (χ1) is 19.8. The van der Waals surface area contributed by atoms with Gasteiger partial charge in [0.1, 0.15) is 10.8 Å². The molecule has 41 heavy (non-hydrogen) atoms. The second-order valence-electron chi connectivity index (χ2n) is 9.95. The Bertz CT molecular complexity index is 1600. The van der Waals surface area contributed by atoms with E-state index in [9.17, 15) is 19.5 Å². The zero-order valence-electron chi connectivity index (χ0n) is 22.8. The average Bonchev–Trinajstić information content (AvgIpc) is 3.32. The van der Waals surface area contributed by atoms with Crippen LogP contribution in [0.1, 0.15) is 33.3 Å². The van der Waals surface area contributed by atoms with Crippen LogP contribution in [0.3, 0.4) is 0 Å². The summed E-state index contributed by atoms with van der Waals surface area (Å²) in [7, 11) is 1.63. The largest absolute Gasteiger partial charge is 0.497 e. The van der Waals surface area contributed by atoms with E-state index in [0.29, 0.717) is 31.6 Å². The lowest BCUT2D eigenvalue weighted by Crippen LogP contribution is -2.47. The van der Waals surface area contributed by atoms with Crippen LogP contribution in [0.25, 0.3) is 10.8 Å². The summed E-state index contributed by atoms with van der Waals surface area (Å²) in [4.78, 5) is 40.9. The summed E-state index contributed by atoms with van der Waals surface area (Å²) in [5, 5.41) is 23.8. The Balaban J connectivity index is 1.50. The van der Waals surface area contributed by atoms with Gasteiger partial charge in [0.25, 0.3) is 0 Å². The number of fused-ring (bicyclic) bond motifs is 2. The van der Waals surface area contributed by atoms with Crippen molar-refractivity contribution >= 4 is 50.6 Å². The SMILES string of the molecule is CCN(CC1Cc2c(sc(NC(=O)C(=O)O)c2C(=O)O)CN1Cc1ccc(OC)cc1)c1ccc2ccccc2c1. The predicted octanol–water partition coefficient (Wildman–Crippen LogP) is 5.08. The minimum Gasteiger partial charge on any atom is -0.497 e. The van der Waals surface area contributed by atoms with Gasteiger partial charge in [-0.25, -0.2) is 9.59 Å². The van der Waals surface area contributed by atoms with Gasteiger partial charge < -0.3 is 25.2 Å². The molecule has 3 aromatic carbocycles. The summed E-state index contributed by atoms with van der Waals surface area (Å²) >= 11 is 1.13. The molecule has 9 nitrogen and oxygen atoms in total. The Kier molecular flexibility index (Phi) is 8.23. The number of anilines is 2. The molecule has 0 radical (unpaired) electrons. The predicted molar refractivity (Wildman–Crippen MR) is 159 cm³/mol. The maximum absolute atomic E-state index is 12.3. The molecule has 1 aliphatic rings. The van der Waals surface area contributed by atoms with Crippen LogP contribution in [0.15, 0.2) is 66.7 Å². The van der Waals surface area contributed by atoms with Crippen LogP contribution in [-0.4, -0.2) is 59.2 Å². The second-order valence-corrected chi connectivity index (χ2v) is 11.1. The van der Waals surface area contributed by atoms with E-state index >= 15 is 0 Å². The van der Waals surface area contributed by atoms with Gasteiger partial charge in [0, 0.05) is 42.8 Å². The highest BCUT2D eigenvalue weighted by Gasteiger charge is 2.35. The molecular formula is C31H31N3O6S. The van der Waals surface area contributed by atoms with E-state index in [1.54, 1.807) is 7.11 Å². The number of hydrogen-bond acceptors (Lipinski definition) is 7. The topological polar surface area (TPSA) is 119 Å². The van der Waals surface area contributed by atoms with Gasteiger partial charge in [0.2, 0.25) is 0 Å². The summed E-state index contributed by atoms with van der Waals surface area (Å²) in [5.74, 6) is -3.35. The number of amides is 1. The van der Waals surface area contributed by atoms with Gasteiger partial charge in [0.05, 0.1) is 12.7 Å². The highest BCUT2D eigenvalue weighted by Crippen LogP contribution is 2.40.